The van der Waals surface area contributed by atoms with E-state index in [-0.39, 0.29) is 5.38 Å². The van der Waals surface area contributed by atoms with Crippen LogP contribution in [0.1, 0.15) is 48.3 Å². The highest BCUT2D eigenvalue weighted by Gasteiger charge is 2.31. The van der Waals surface area contributed by atoms with E-state index in [1.54, 1.807) is 0 Å². The summed E-state index contributed by atoms with van der Waals surface area (Å²) in [5, 5.41) is 0.179. The molecule has 1 aliphatic carbocycles. The molecular weight excluding hydrogens is 232 g/mol. The van der Waals surface area contributed by atoms with E-state index < -0.39 is 0 Å². The molecule has 1 heterocycles. The standard InChI is InChI=1S/C15H19ClO/c1-10-3-2-4-14(10)15(16)11-5-6-12-8-17-9-13(12)7-11/h5-7,10,14-15H,2-4,8-9H2,1H3. The van der Waals surface area contributed by atoms with Crippen molar-refractivity contribution in [2.24, 2.45) is 11.8 Å². The lowest BCUT2D eigenvalue weighted by molar-refractivity contribution is 0.134. The first-order valence-electron chi connectivity index (χ1n) is 6.59. The van der Waals surface area contributed by atoms with Crippen LogP contribution in [0.25, 0.3) is 0 Å². The van der Waals surface area contributed by atoms with E-state index in [0.29, 0.717) is 5.92 Å². The SMILES string of the molecule is CC1CCCC1C(Cl)c1ccc2c(c1)COC2. The summed E-state index contributed by atoms with van der Waals surface area (Å²) in [6.45, 7) is 3.86. The molecule has 0 N–H and O–H groups in total. The molecule has 0 spiro atoms. The van der Waals surface area contributed by atoms with Crippen LogP contribution in [0.5, 0.6) is 0 Å². The molecule has 1 aliphatic heterocycles. The molecule has 0 aromatic heterocycles. The van der Waals surface area contributed by atoms with Gasteiger partial charge in [-0.05, 0) is 34.9 Å². The molecule has 3 unspecified atom stereocenters. The Labute approximate surface area is 108 Å². The van der Waals surface area contributed by atoms with E-state index in [0.717, 1.165) is 19.1 Å². The first-order chi connectivity index (χ1) is 8.25. The van der Waals surface area contributed by atoms with Crippen LogP contribution in [0.4, 0.5) is 0 Å². The summed E-state index contributed by atoms with van der Waals surface area (Å²) in [7, 11) is 0. The Bertz CT molecular complexity index is 415. The first kappa shape index (κ1) is 11.6. The monoisotopic (exact) mass is 250 g/mol. The Morgan fingerprint density at radius 2 is 2.06 bits per heavy atom. The molecule has 0 bridgehead atoms. The fourth-order valence-electron chi connectivity index (χ4n) is 3.22. The van der Waals surface area contributed by atoms with E-state index in [4.69, 9.17) is 16.3 Å². The third-order valence-corrected chi connectivity index (χ3v) is 4.94. The molecule has 2 aliphatic rings. The van der Waals surface area contributed by atoms with Gasteiger partial charge in [-0.25, -0.2) is 0 Å². The van der Waals surface area contributed by atoms with Crippen LogP contribution in [-0.2, 0) is 18.0 Å². The van der Waals surface area contributed by atoms with Crippen molar-refractivity contribution in [3.05, 3.63) is 34.9 Å². The third-order valence-electron chi connectivity index (χ3n) is 4.37. The van der Waals surface area contributed by atoms with Crippen molar-refractivity contribution in [3.63, 3.8) is 0 Å². The quantitative estimate of drug-likeness (QED) is 0.706. The van der Waals surface area contributed by atoms with Gasteiger partial charge in [-0.1, -0.05) is 38.0 Å². The minimum atomic E-state index is 0.179. The fourth-order valence-corrected chi connectivity index (χ4v) is 3.73. The van der Waals surface area contributed by atoms with Gasteiger partial charge in [-0.15, -0.1) is 11.6 Å². The third kappa shape index (κ3) is 2.11. The Morgan fingerprint density at radius 3 is 2.82 bits per heavy atom. The molecule has 92 valence electrons. The predicted molar refractivity (Wildman–Crippen MR) is 70.0 cm³/mol. The summed E-state index contributed by atoms with van der Waals surface area (Å²) in [6, 6.07) is 6.63. The van der Waals surface area contributed by atoms with Crippen molar-refractivity contribution in [2.75, 3.05) is 0 Å². The van der Waals surface area contributed by atoms with Crippen molar-refractivity contribution in [2.45, 2.75) is 44.8 Å². The Balaban J connectivity index is 1.83. The van der Waals surface area contributed by atoms with Gasteiger partial charge < -0.3 is 4.74 Å². The number of ether oxygens (including phenoxy) is 1. The lowest BCUT2D eigenvalue weighted by Gasteiger charge is -2.22. The van der Waals surface area contributed by atoms with Crippen LogP contribution >= 0.6 is 11.6 Å². The topological polar surface area (TPSA) is 9.23 Å². The Morgan fingerprint density at radius 1 is 1.24 bits per heavy atom. The van der Waals surface area contributed by atoms with Gasteiger partial charge in [0.25, 0.3) is 0 Å². The predicted octanol–water partition coefficient (Wildman–Crippen LogP) is 4.43. The molecule has 3 atom stereocenters. The molecule has 2 heteroatoms. The maximum Gasteiger partial charge on any atom is 0.0725 e. The highest BCUT2D eigenvalue weighted by Crippen LogP contribution is 2.44. The number of hydrogen-bond acceptors (Lipinski definition) is 1. The Kier molecular flexibility index (Phi) is 3.14. The average Bonchev–Trinajstić information content (AvgIpc) is 2.95. The smallest absolute Gasteiger partial charge is 0.0725 e. The summed E-state index contributed by atoms with van der Waals surface area (Å²) in [4.78, 5) is 0. The largest absolute Gasteiger partial charge is 0.372 e. The molecule has 17 heavy (non-hydrogen) atoms. The zero-order valence-electron chi connectivity index (χ0n) is 10.3. The van der Waals surface area contributed by atoms with E-state index >= 15 is 0 Å². The van der Waals surface area contributed by atoms with E-state index in [9.17, 15) is 0 Å². The van der Waals surface area contributed by atoms with Crippen molar-refractivity contribution in [3.8, 4) is 0 Å². The lowest BCUT2D eigenvalue weighted by atomic mass is 9.89. The van der Waals surface area contributed by atoms with Gasteiger partial charge in [0.1, 0.15) is 0 Å². The van der Waals surface area contributed by atoms with Crippen molar-refractivity contribution >= 4 is 11.6 Å². The average molecular weight is 251 g/mol. The maximum atomic E-state index is 6.67. The molecule has 1 saturated carbocycles. The molecule has 0 amide bonds. The van der Waals surface area contributed by atoms with Gasteiger partial charge in [0.15, 0.2) is 0 Å². The van der Waals surface area contributed by atoms with Gasteiger partial charge in [-0.2, -0.15) is 0 Å². The Hall–Kier alpha value is -0.530. The van der Waals surface area contributed by atoms with Crippen LogP contribution in [-0.4, -0.2) is 0 Å². The summed E-state index contributed by atoms with van der Waals surface area (Å²) in [5.41, 5.74) is 3.95. The van der Waals surface area contributed by atoms with Gasteiger partial charge >= 0.3 is 0 Å². The number of hydrogen-bond donors (Lipinski definition) is 0. The number of fused-ring (bicyclic) bond motifs is 1. The van der Waals surface area contributed by atoms with E-state index in [1.165, 1.54) is 36.0 Å². The van der Waals surface area contributed by atoms with Gasteiger partial charge in [-0.3, -0.25) is 0 Å². The van der Waals surface area contributed by atoms with Gasteiger partial charge in [0.2, 0.25) is 0 Å². The second kappa shape index (κ2) is 4.62. The van der Waals surface area contributed by atoms with Crippen molar-refractivity contribution in [1.29, 1.82) is 0 Å². The van der Waals surface area contributed by atoms with Crippen LogP contribution in [0, 0.1) is 11.8 Å². The van der Waals surface area contributed by atoms with E-state index in [1.807, 2.05) is 0 Å². The van der Waals surface area contributed by atoms with Crippen LogP contribution in [0.2, 0.25) is 0 Å². The molecule has 0 saturated heterocycles. The number of benzene rings is 1. The second-order valence-electron chi connectivity index (χ2n) is 5.49. The van der Waals surface area contributed by atoms with Gasteiger partial charge in [0, 0.05) is 0 Å². The molecule has 1 nitrogen and oxygen atoms in total. The number of rotatable bonds is 2. The summed E-state index contributed by atoms with van der Waals surface area (Å²) >= 11 is 6.67. The van der Waals surface area contributed by atoms with Gasteiger partial charge in [0.05, 0.1) is 18.6 Å². The molecule has 1 aromatic carbocycles. The number of halogens is 1. The van der Waals surface area contributed by atoms with Crippen LogP contribution < -0.4 is 0 Å². The van der Waals surface area contributed by atoms with Crippen LogP contribution in [0.3, 0.4) is 0 Å². The minimum absolute atomic E-state index is 0.179. The summed E-state index contributed by atoms with van der Waals surface area (Å²) in [6.07, 6.45) is 3.95. The van der Waals surface area contributed by atoms with Crippen molar-refractivity contribution < 1.29 is 4.74 Å². The highest BCUT2D eigenvalue weighted by atomic mass is 35.5. The molecule has 0 radical (unpaired) electrons. The molecule has 1 fully saturated rings. The summed E-state index contributed by atoms with van der Waals surface area (Å²) in [5.74, 6) is 1.42. The van der Waals surface area contributed by atoms with Crippen molar-refractivity contribution in [1.82, 2.24) is 0 Å². The van der Waals surface area contributed by atoms with E-state index in [2.05, 4.69) is 25.1 Å². The first-order valence-corrected chi connectivity index (χ1v) is 7.03. The fraction of sp³-hybridized carbons (Fsp3) is 0.600. The maximum absolute atomic E-state index is 6.67. The zero-order valence-corrected chi connectivity index (χ0v) is 11.0. The lowest BCUT2D eigenvalue weighted by Crippen LogP contribution is -2.11. The highest BCUT2D eigenvalue weighted by molar-refractivity contribution is 6.21. The normalized spacial score (nSPS) is 29.3. The molecule has 3 rings (SSSR count). The second-order valence-corrected chi connectivity index (χ2v) is 5.96. The number of alkyl halides is 1. The molecule has 1 aromatic rings. The van der Waals surface area contributed by atoms with Crippen LogP contribution in [0.15, 0.2) is 18.2 Å². The molecular formula is C15H19ClO. The summed E-state index contributed by atoms with van der Waals surface area (Å²) < 4.78 is 5.45. The minimum Gasteiger partial charge on any atom is -0.372 e. The zero-order chi connectivity index (χ0) is 11.8.